The van der Waals surface area contributed by atoms with Crippen molar-refractivity contribution in [3.8, 4) is 5.75 Å². The highest BCUT2D eigenvalue weighted by Crippen LogP contribution is 2.55. The van der Waals surface area contributed by atoms with E-state index in [1.54, 1.807) is 0 Å². The van der Waals surface area contributed by atoms with Crippen molar-refractivity contribution in [2.24, 2.45) is 5.41 Å². The van der Waals surface area contributed by atoms with Gasteiger partial charge >= 0.3 is 53.9 Å². The molecule has 25 heteroatoms. The van der Waals surface area contributed by atoms with Gasteiger partial charge in [-0.2, -0.15) is 79.0 Å². The van der Waals surface area contributed by atoms with E-state index in [-0.39, 0.29) is 17.7 Å². The van der Waals surface area contributed by atoms with E-state index >= 15 is 0 Å². The van der Waals surface area contributed by atoms with E-state index in [0.29, 0.717) is 44.6 Å². The second-order valence-electron chi connectivity index (χ2n) is 15.5. The molecular weight excluding hydrogens is 908 g/mol. The van der Waals surface area contributed by atoms with Gasteiger partial charge in [-0.15, -0.1) is 0 Å². The molecule has 1 fully saturated rings. The molecule has 364 valence electrons. The first kappa shape index (κ1) is 55.5. The van der Waals surface area contributed by atoms with Crippen molar-refractivity contribution in [2.45, 2.75) is 151 Å². The molecule has 0 bridgehead atoms. The van der Waals surface area contributed by atoms with Crippen molar-refractivity contribution >= 4 is 18.0 Å². The van der Waals surface area contributed by atoms with Crippen LogP contribution >= 0.6 is 0 Å². The average molecular weight is 954 g/mol. The third kappa shape index (κ3) is 13.7. The number of esters is 1. The topological polar surface area (TPSA) is 83.1 Å². The lowest BCUT2D eigenvalue weighted by Gasteiger charge is -2.36. The number of carbonyl (C=O) groups excluding carboxylic acids is 2. The SMILES string of the molecule is CCC(C)(C)C(=O)N[C@H]1CC[C@H](OC(=O)/C=C/c2cccc(OCCCC(C)(OCCC(F)(F)C(F)(F)C(F)(F)C(F)(F)F)OCCC(F)(F)C(F)(F)C(F)(F)C(F)(F)F)c2)CC1. The van der Waals surface area contributed by atoms with E-state index in [4.69, 9.17) is 18.9 Å². The van der Waals surface area contributed by atoms with Crippen LogP contribution in [0.5, 0.6) is 5.75 Å². The largest absolute Gasteiger partial charge is 0.494 e. The van der Waals surface area contributed by atoms with Gasteiger partial charge in [-0.3, -0.25) is 4.79 Å². The van der Waals surface area contributed by atoms with Gasteiger partial charge < -0.3 is 24.3 Å². The standard InChI is InChI=1S/C38H45F18NO6/c1-5-29(2,3)28(59)57-24-11-13-25(14-12-24)63-27(58)15-10-23-8-6-9-26(22-23)60-19-7-16-30(4,61-20-17-31(39,40)33(43,44)35(47,48)37(51,52)53)62-21-18-32(41,42)34(45,46)36(49,50)38(54,55)56/h6,8-10,15,22,24-25H,5,7,11-14,16-21H2,1-4H3,(H,57,59)/b15-10+/t24-,25-. The number of rotatable bonds is 23. The van der Waals surface area contributed by atoms with Crippen LogP contribution in [0.25, 0.3) is 6.08 Å². The molecule has 0 aliphatic heterocycles. The first-order chi connectivity index (χ1) is 28.4. The van der Waals surface area contributed by atoms with Gasteiger partial charge in [-0.25, -0.2) is 4.79 Å². The number of hydrogen-bond acceptors (Lipinski definition) is 6. The maximum atomic E-state index is 14.1. The van der Waals surface area contributed by atoms with E-state index in [1.807, 2.05) is 20.8 Å². The van der Waals surface area contributed by atoms with Gasteiger partial charge in [0.05, 0.1) is 19.8 Å². The maximum absolute atomic E-state index is 14.1. The van der Waals surface area contributed by atoms with E-state index in [9.17, 15) is 88.6 Å². The molecule has 0 saturated heterocycles. The van der Waals surface area contributed by atoms with Crippen molar-refractivity contribution in [2.75, 3.05) is 19.8 Å². The van der Waals surface area contributed by atoms with Crippen molar-refractivity contribution in [3.63, 3.8) is 0 Å². The smallest absolute Gasteiger partial charge is 0.460 e. The Bertz CT molecular complexity index is 1630. The quantitative estimate of drug-likeness (QED) is 0.0387. The normalized spacial score (nSPS) is 18.1. The lowest BCUT2D eigenvalue weighted by atomic mass is 9.87. The number of alkyl halides is 18. The molecule has 1 aromatic rings. The highest BCUT2D eigenvalue weighted by Gasteiger charge is 2.82. The highest BCUT2D eigenvalue weighted by atomic mass is 19.4. The Morgan fingerprint density at radius 1 is 0.667 bits per heavy atom. The van der Waals surface area contributed by atoms with Crippen molar-refractivity contribution < 1.29 is 108 Å². The first-order valence-electron chi connectivity index (χ1n) is 19.0. The zero-order valence-corrected chi connectivity index (χ0v) is 33.9. The summed E-state index contributed by atoms with van der Waals surface area (Å²) in [7, 11) is 0. The summed E-state index contributed by atoms with van der Waals surface area (Å²) in [6.45, 7) is 1.79. The van der Waals surface area contributed by atoms with Crippen LogP contribution in [0.15, 0.2) is 30.3 Å². The number of halogens is 18. The summed E-state index contributed by atoms with van der Waals surface area (Å²) in [5.74, 6) is -44.7. The summed E-state index contributed by atoms with van der Waals surface area (Å²) in [6, 6.07) is 5.58. The molecule has 1 aromatic carbocycles. The first-order valence-corrected chi connectivity index (χ1v) is 19.0. The monoisotopic (exact) mass is 953 g/mol. The average Bonchev–Trinajstić information content (AvgIpc) is 3.15. The predicted octanol–water partition coefficient (Wildman–Crippen LogP) is 11.7. The number of nitrogens with one attached hydrogen (secondary N) is 1. The Hall–Kier alpha value is -3.64. The number of hydrogen-bond donors (Lipinski definition) is 1. The third-order valence-corrected chi connectivity index (χ3v) is 10.2. The fraction of sp³-hybridized carbons (Fsp3) is 0.737. The fourth-order valence-corrected chi connectivity index (χ4v) is 5.63. The van der Waals surface area contributed by atoms with E-state index in [0.717, 1.165) is 6.08 Å². The minimum absolute atomic E-state index is 0.0561. The molecule has 0 spiro atoms. The Morgan fingerprint density at radius 3 is 1.59 bits per heavy atom. The van der Waals surface area contributed by atoms with Gasteiger partial charge in [0.15, 0.2) is 5.79 Å². The van der Waals surface area contributed by atoms with E-state index in [1.165, 1.54) is 30.3 Å². The van der Waals surface area contributed by atoms with Gasteiger partial charge in [0.25, 0.3) is 0 Å². The van der Waals surface area contributed by atoms with Crippen LogP contribution in [0.1, 0.15) is 91.0 Å². The Labute approximate surface area is 349 Å². The lowest BCUT2D eigenvalue weighted by Crippen LogP contribution is -2.61. The molecule has 1 aliphatic carbocycles. The molecule has 0 unspecified atom stereocenters. The van der Waals surface area contributed by atoms with Crippen molar-refractivity contribution in [1.82, 2.24) is 5.32 Å². The molecule has 0 radical (unpaired) electrons. The van der Waals surface area contributed by atoms with Gasteiger partial charge in [0, 0.05) is 36.8 Å². The van der Waals surface area contributed by atoms with Gasteiger partial charge in [0.2, 0.25) is 5.91 Å². The fourth-order valence-electron chi connectivity index (χ4n) is 5.63. The molecular formula is C38H45F18NO6. The maximum Gasteiger partial charge on any atom is 0.460 e. The number of benzene rings is 1. The Balaban J connectivity index is 2.10. The van der Waals surface area contributed by atoms with Crippen LogP contribution in [0, 0.1) is 5.41 Å². The highest BCUT2D eigenvalue weighted by molar-refractivity contribution is 5.87. The summed E-state index contributed by atoms with van der Waals surface area (Å²) in [5, 5.41) is 3.00. The molecule has 1 amide bonds. The zero-order chi connectivity index (χ0) is 48.7. The third-order valence-electron chi connectivity index (χ3n) is 10.2. The zero-order valence-electron chi connectivity index (χ0n) is 33.9. The summed E-state index contributed by atoms with van der Waals surface area (Å²) >= 11 is 0. The molecule has 1 aliphatic rings. The van der Waals surface area contributed by atoms with Crippen LogP contribution in [-0.2, 0) is 23.8 Å². The number of carbonyl (C=O) groups is 2. The second-order valence-corrected chi connectivity index (χ2v) is 15.5. The minimum Gasteiger partial charge on any atom is -0.494 e. The molecule has 0 heterocycles. The molecule has 0 aromatic heterocycles. The van der Waals surface area contributed by atoms with Gasteiger partial charge in [-0.1, -0.05) is 32.9 Å². The summed E-state index contributed by atoms with van der Waals surface area (Å²) in [4.78, 5) is 24.9. The second kappa shape index (κ2) is 20.3. The Morgan fingerprint density at radius 2 is 1.14 bits per heavy atom. The molecule has 63 heavy (non-hydrogen) atoms. The Kier molecular flexibility index (Phi) is 17.8. The minimum atomic E-state index is -7.29. The number of amides is 1. The summed E-state index contributed by atoms with van der Waals surface area (Å²) in [5.41, 5.74) is -0.184. The van der Waals surface area contributed by atoms with Crippen LogP contribution in [0.3, 0.4) is 0 Å². The molecule has 2 rings (SSSR count). The molecule has 1 N–H and O–H groups in total. The van der Waals surface area contributed by atoms with Crippen LogP contribution in [-0.4, -0.2) is 97.5 Å². The van der Waals surface area contributed by atoms with Gasteiger partial charge in [-0.05, 0) is 69.2 Å². The van der Waals surface area contributed by atoms with Crippen LogP contribution in [0.2, 0.25) is 0 Å². The molecule has 0 atom stereocenters. The lowest BCUT2D eigenvalue weighted by molar-refractivity contribution is -0.399. The summed E-state index contributed by atoms with van der Waals surface area (Å²) in [6.07, 6.45) is -16.1. The molecule has 1 saturated carbocycles. The van der Waals surface area contributed by atoms with Crippen molar-refractivity contribution in [1.29, 1.82) is 0 Å². The summed E-state index contributed by atoms with van der Waals surface area (Å²) < 4.78 is 260. The van der Waals surface area contributed by atoms with Crippen LogP contribution < -0.4 is 10.1 Å². The van der Waals surface area contributed by atoms with E-state index < -0.39 is 117 Å². The van der Waals surface area contributed by atoms with Crippen molar-refractivity contribution in [3.05, 3.63) is 35.9 Å². The van der Waals surface area contributed by atoms with E-state index in [2.05, 4.69) is 5.32 Å². The number of ether oxygens (including phenoxy) is 4. The molecule has 7 nitrogen and oxygen atoms in total. The van der Waals surface area contributed by atoms with Crippen LogP contribution in [0.4, 0.5) is 79.0 Å². The predicted molar refractivity (Wildman–Crippen MR) is 186 cm³/mol. The van der Waals surface area contributed by atoms with Gasteiger partial charge in [0.1, 0.15) is 11.9 Å².